The van der Waals surface area contributed by atoms with Crippen LogP contribution < -0.4 is 10.5 Å². The molecular formula is C7H8N4O. The molecule has 0 aromatic carbocycles. The maximum absolute atomic E-state index is 5.52. The van der Waals surface area contributed by atoms with Gasteiger partial charge in [0.1, 0.15) is 5.75 Å². The first-order chi connectivity index (χ1) is 5.81. The molecule has 0 aliphatic carbocycles. The number of aromatic nitrogens is 3. The summed E-state index contributed by atoms with van der Waals surface area (Å²) in [5.41, 5.74) is 6.20. The van der Waals surface area contributed by atoms with Crippen molar-refractivity contribution in [2.75, 3.05) is 12.8 Å². The second kappa shape index (κ2) is 2.37. The normalized spacial score (nSPS) is 10.4. The number of anilines is 1. The molecule has 2 aromatic heterocycles. The largest absolute Gasteiger partial charge is 0.497 e. The standard InChI is InChI=1S/C7H8N4O/c1-12-5-2-3-11-6(4-5)9-10-7(11)8/h2-4H,1H3,(H2,8,10). The minimum absolute atomic E-state index is 0.382. The molecule has 0 aliphatic heterocycles. The van der Waals surface area contributed by atoms with Crippen LogP contribution in [0.1, 0.15) is 0 Å². The summed E-state index contributed by atoms with van der Waals surface area (Å²) in [6.07, 6.45) is 1.77. The van der Waals surface area contributed by atoms with Crippen LogP contribution in [0.15, 0.2) is 18.3 Å². The van der Waals surface area contributed by atoms with Crippen molar-refractivity contribution in [3.63, 3.8) is 0 Å². The lowest BCUT2D eigenvalue weighted by Crippen LogP contribution is -1.93. The van der Waals surface area contributed by atoms with Crippen LogP contribution in [0.2, 0.25) is 0 Å². The van der Waals surface area contributed by atoms with Gasteiger partial charge in [0.05, 0.1) is 7.11 Å². The molecule has 2 rings (SSSR count). The van der Waals surface area contributed by atoms with Crippen molar-refractivity contribution in [2.45, 2.75) is 0 Å². The predicted octanol–water partition coefficient (Wildman–Crippen LogP) is 0.320. The molecule has 0 atom stereocenters. The zero-order chi connectivity index (χ0) is 8.55. The average molecular weight is 164 g/mol. The van der Waals surface area contributed by atoms with Gasteiger partial charge in [0.25, 0.3) is 0 Å². The molecule has 0 aliphatic rings. The Morgan fingerprint density at radius 1 is 1.50 bits per heavy atom. The number of hydrogen-bond donors (Lipinski definition) is 1. The highest BCUT2D eigenvalue weighted by molar-refractivity contribution is 5.47. The molecule has 0 radical (unpaired) electrons. The van der Waals surface area contributed by atoms with Crippen molar-refractivity contribution in [2.24, 2.45) is 0 Å². The molecule has 0 bridgehead atoms. The summed E-state index contributed by atoms with van der Waals surface area (Å²) in [5.74, 6) is 1.13. The topological polar surface area (TPSA) is 65.4 Å². The Hall–Kier alpha value is -1.78. The highest BCUT2D eigenvalue weighted by Crippen LogP contribution is 2.13. The third-order valence-electron chi connectivity index (χ3n) is 1.64. The number of hydrogen-bond acceptors (Lipinski definition) is 4. The Balaban J connectivity index is 2.69. The fraction of sp³-hybridized carbons (Fsp3) is 0.143. The summed E-state index contributed by atoms with van der Waals surface area (Å²) in [6, 6.07) is 3.57. The van der Waals surface area contributed by atoms with E-state index in [-0.39, 0.29) is 0 Å². The van der Waals surface area contributed by atoms with Crippen LogP contribution in [0.5, 0.6) is 5.75 Å². The molecule has 0 spiro atoms. The van der Waals surface area contributed by atoms with E-state index in [1.54, 1.807) is 29.8 Å². The molecule has 5 nitrogen and oxygen atoms in total. The SMILES string of the molecule is COc1ccn2c(N)nnc2c1. The summed E-state index contributed by atoms with van der Waals surface area (Å²) in [6.45, 7) is 0. The zero-order valence-corrected chi connectivity index (χ0v) is 6.56. The van der Waals surface area contributed by atoms with E-state index in [4.69, 9.17) is 10.5 Å². The van der Waals surface area contributed by atoms with Crippen molar-refractivity contribution in [1.82, 2.24) is 14.6 Å². The molecule has 2 aromatic rings. The Labute approximate surface area is 68.8 Å². The molecular weight excluding hydrogens is 156 g/mol. The monoisotopic (exact) mass is 164 g/mol. The van der Waals surface area contributed by atoms with Crippen molar-refractivity contribution < 1.29 is 4.74 Å². The number of nitrogens with zero attached hydrogens (tertiary/aromatic N) is 3. The summed E-state index contributed by atoms with van der Waals surface area (Å²) in [4.78, 5) is 0. The summed E-state index contributed by atoms with van der Waals surface area (Å²) >= 11 is 0. The number of methoxy groups -OCH3 is 1. The molecule has 0 fully saturated rings. The van der Waals surface area contributed by atoms with Gasteiger partial charge in [-0.05, 0) is 6.07 Å². The third-order valence-corrected chi connectivity index (χ3v) is 1.64. The van der Waals surface area contributed by atoms with Gasteiger partial charge in [-0.3, -0.25) is 4.40 Å². The number of ether oxygens (including phenoxy) is 1. The van der Waals surface area contributed by atoms with E-state index in [0.717, 1.165) is 5.75 Å². The lowest BCUT2D eigenvalue weighted by Gasteiger charge is -1.98. The minimum atomic E-state index is 0.382. The zero-order valence-electron chi connectivity index (χ0n) is 6.56. The molecule has 0 unspecified atom stereocenters. The van der Waals surface area contributed by atoms with Crippen LogP contribution in [0.4, 0.5) is 5.95 Å². The van der Waals surface area contributed by atoms with E-state index in [1.807, 2.05) is 0 Å². The number of fused-ring (bicyclic) bond motifs is 1. The van der Waals surface area contributed by atoms with Gasteiger partial charge in [0.2, 0.25) is 5.95 Å². The molecule has 0 saturated carbocycles. The van der Waals surface area contributed by atoms with Gasteiger partial charge in [-0.25, -0.2) is 0 Å². The van der Waals surface area contributed by atoms with Gasteiger partial charge in [-0.15, -0.1) is 10.2 Å². The second-order valence-electron chi connectivity index (χ2n) is 2.35. The van der Waals surface area contributed by atoms with E-state index in [9.17, 15) is 0 Å². The average Bonchev–Trinajstić information content (AvgIpc) is 2.47. The van der Waals surface area contributed by atoms with Gasteiger partial charge < -0.3 is 10.5 Å². The van der Waals surface area contributed by atoms with Crippen LogP contribution in [0.3, 0.4) is 0 Å². The van der Waals surface area contributed by atoms with Crippen molar-refractivity contribution in [3.05, 3.63) is 18.3 Å². The molecule has 2 heterocycles. The maximum atomic E-state index is 5.52. The van der Waals surface area contributed by atoms with E-state index in [2.05, 4.69) is 10.2 Å². The van der Waals surface area contributed by atoms with Crippen molar-refractivity contribution >= 4 is 11.6 Å². The second-order valence-corrected chi connectivity index (χ2v) is 2.35. The van der Waals surface area contributed by atoms with Crippen LogP contribution in [-0.2, 0) is 0 Å². The van der Waals surface area contributed by atoms with E-state index in [0.29, 0.717) is 11.6 Å². The van der Waals surface area contributed by atoms with Gasteiger partial charge in [0, 0.05) is 12.3 Å². The molecule has 5 heteroatoms. The maximum Gasteiger partial charge on any atom is 0.226 e. The Bertz CT molecular complexity index is 409. The van der Waals surface area contributed by atoms with Crippen LogP contribution in [0.25, 0.3) is 5.65 Å². The fourth-order valence-corrected chi connectivity index (χ4v) is 1.02. The quantitative estimate of drug-likeness (QED) is 0.659. The Kier molecular flexibility index (Phi) is 1.36. The fourth-order valence-electron chi connectivity index (χ4n) is 1.02. The molecule has 0 amide bonds. The number of rotatable bonds is 1. The first-order valence-corrected chi connectivity index (χ1v) is 3.45. The Morgan fingerprint density at radius 2 is 2.33 bits per heavy atom. The number of nitrogens with two attached hydrogens (primary N) is 1. The third kappa shape index (κ3) is 0.868. The Morgan fingerprint density at radius 3 is 3.08 bits per heavy atom. The first-order valence-electron chi connectivity index (χ1n) is 3.45. The van der Waals surface area contributed by atoms with Gasteiger partial charge in [-0.1, -0.05) is 0 Å². The lowest BCUT2D eigenvalue weighted by atomic mass is 10.4. The molecule has 0 saturated heterocycles. The molecule has 2 N–H and O–H groups in total. The number of nitrogen functional groups attached to an aromatic ring is 1. The van der Waals surface area contributed by atoms with Crippen LogP contribution in [-0.4, -0.2) is 21.7 Å². The highest BCUT2D eigenvalue weighted by atomic mass is 16.5. The van der Waals surface area contributed by atoms with E-state index >= 15 is 0 Å². The molecule has 62 valence electrons. The summed E-state index contributed by atoms with van der Waals surface area (Å²) < 4.78 is 6.69. The molecule has 12 heavy (non-hydrogen) atoms. The first kappa shape index (κ1) is 6.90. The van der Waals surface area contributed by atoms with Gasteiger partial charge in [0.15, 0.2) is 5.65 Å². The smallest absolute Gasteiger partial charge is 0.226 e. The van der Waals surface area contributed by atoms with Gasteiger partial charge >= 0.3 is 0 Å². The summed E-state index contributed by atoms with van der Waals surface area (Å²) in [7, 11) is 1.60. The minimum Gasteiger partial charge on any atom is -0.497 e. The van der Waals surface area contributed by atoms with Crippen molar-refractivity contribution in [1.29, 1.82) is 0 Å². The number of pyridine rings is 1. The van der Waals surface area contributed by atoms with Gasteiger partial charge in [-0.2, -0.15) is 0 Å². The lowest BCUT2D eigenvalue weighted by molar-refractivity contribution is 0.414. The van der Waals surface area contributed by atoms with Crippen LogP contribution >= 0.6 is 0 Å². The van der Waals surface area contributed by atoms with Crippen LogP contribution in [0, 0.1) is 0 Å². The predicted molar refractivity (Wildman–Crippen MR) is 44.0 cm³/mol. The van der Waals surface area contributed by atoms with E-state index in [1.165, 1.54) is 0 Å². The van der Waals surface area contributed by atoms with Crippen molar-refractivity contribution in [3.8, 4) is 5.75 Å². The van der Waals surface area contributed by atoms with E-state index < -0.39 is 0 Å². The summed E-state index contributed by atoms with van der Waals surface area (Å²) in [5, 5.41) is 7.54. The highest BCUT2D eigenvalue weighted by Gasteiger charge is 2.01.